The predicted octanol–water partition coefficient (Wildman–Crippen LogP) is 3.60. The van der Waals surface area contributed by atoms with Crippen LogP contribution in [0.2, 0.25) is 0 Å². The van der Waals surface area contributed by atoms with E-state index in [2.05, 4.69) is 4.99 Å². The molecule has 1 heterocycles. The number of nitrogens with zero attached hydrogens (tertiary/aromatic N) is 1. The van der Waals surface area contributed by atoms with Gasteiger partial charge >= 0.3 is 5.97 Å². The number of esters is 1. The standard InChI is InChI=1S/C20H17NO4/c1-23-17-12-5-3-8-14(17)9-7-11-16-20(22)25-19(21-16)15-10-4-6-13-18(15)24-2/h3-13H,1-2H3/b9-7+,16-11+. The van der Waals surface area contributed by atoms with Crippen molar-refractivity contribution in [3.05, 3.63) is 77.5 Å². The van der Waals surface area contributed by atoms with Crippen molar-refractivity contribution in [3.63, 3.8) is 0 Å². The lowest BCUT2D eigenvalue weighted by atomic mass is 10.2. The molecule has 0 spiro atoms. The van der Waals surface area contributed by atoms with Crippen molar-refractivity contribution in [2.24, 2.45) is 4.99 Å². The summed E-state index contributed by atoms with van der Waals surface area (Å²) in [6, 6.07) is 14.8. The van der Waals surface area contributed by atoms with E-state index in [4.69, 9.17) is 14.2 Å². The highest BCUT2D eigenvalue weighted by molar-refractivity contribution is 6.12. The van der Waals surface area contributed by atoms with Gasteiger partial charge in [0.15, 0.2) is 5.70 Å². The molecule has 5 heteroatoms. The van der Waals surface area contributed by atoms with Crippen molar-refractivity contribution >= 4 is 17.9 Å². The summed E-state index contributed by atoms with van der Waals surface area (Å²) in [5, 5.41) is 0. The maximum absolute atomic E-state index is 12.0. The van der Waals surface area contributed by atoms with E-state index >= 15 is 0 Å². The number of carbonyl (C=O) groups is 1. The van der Waals surface area contributed by atoms with Gasteiger partial charge in [-0.15, -0.1) is 0 Å². The van der Waals surface area contributed by atoms with E-state index in [1.54, 1.807) is 38.5 Å². The van der Waals surface area contributed by atoms with Crippen molar-refractivity contribution < 1.29 is 19.0 Å². The van der Waals surface area contributed by atoms with Crippen molar-refractivity contribution in [2.45, 2.75) is 0 Å². The first-order valence-electron chi connectivity index (χ1n) is 7.68. The van der Waals surface area contributed by atoms with Crippen LogP contribution >= 0.6 is 0 Å². The van der Waals surface area contributed by atoms with Crippen LogP contribution in [0.3, 0.4) is 0 Å². The molecule has 0 radical (unpaired) electrons. The fraction of sp³-hybridized carbons (Fsp3) is 0.100. The molecule has 0 aliphatic carbocycles. The average molecular weight is 335 g/mol. The molecule has 2 aromatic rings. The average Bonchev–Trinajstić information content (AvgIpc) is 3.02. The van der Waals surface area contributed by atoms with Crippen LogP contribution in [0.25, 0.3) is 6.08 Å². The van der Waals surface area contributed by atoms with E-state index in [-0.39, 0.29) is 11.6 Å². The van der Waals surface area contributed by atoms with Crippen LogP contribution in [0.5, 0.6) is 11.5 Å². The van der Waals surface area contributed by atoms with Crippen LogP contribution in [0.4, 0.5) is 0 Å². The molecule has 5 nitrogen and oxygen atoms in total. The number of rotatable bonds is 5. The topological polar surface area (TPSA) is 57.1 Å². The van der Waals surface area contributed by atoms with Crippen molar-refractivity contribution in [2.75, 3.05) is 14.2 Å². The molecule has 126 valence electrons. The van der Waals surface area contributed by atoms with E-state index in [1.807, 2.05) is 42.5 Å². The zero-order chi connectivity index (χ0) is 17.6. The van der Waals surface area contributed by atoms with Gasteiger partial charge in [-0.3, -0.25) is 0 Å². The van der Waals surface area contributed by atoms with Crippen LogP contribution in [0.15, 0.2) is 71.4 Å². The summed E-state index contributed by atoms with van der Waals surface area (Å²) in [6.45, 7) is 0. The fourth-order valence-electron chi connectivity index (χ4n) is 2.41. The monoisotopic (exact) mass is 335 g/mol. The molecule has 25 heavy (non-hydrogen) atoms. The van der Waals surface area contributed by atoms with Gasteiger partial charge in [0.1, 0.15) is 11.5 Å². The second-order valence-corrected chi connectivity index (χ2v) is 5.16. The number of aliphatic imine (C=N–C) groups is 1. The van der Waals surface area contributed by atoms with E-state index in [9.17, 15) is 4.79 Å². The summed E-state index contributed by atoms with van der Waals surface area (Å²) >= 11 is 0. The van der Waals surface area contributed by atoms with Crippen LogP contribution in [0.1, 0.15) is 11.1 Å². The summed E-state index contributed by atoms with van der Waals surface area (Å²) in [7, 11) is 3.17. The number of methoxy groups -OCH3 is 2. The molecule has 0 aromatic heterocycles. The number of ether oxygens (including phenoxy) is 3. The molecule has 3 rings (SSSR count). The van der Waals surface area contributed by atoms with E-state index in [1.165, 1.54) is 0 Å². The zero-order valence-corrected chi connectivity index (χ0v) is 13.9. The Labute approximate surface area is 145 Å². The van der Waals surface area contributed by atoms with E-state index < -0.39 is 5.97 Å². The Morgan fingerprint density at radius 3 is 2.40 bits per heavy atom. The van der Waals surface area contributed by atoms with Crippen molar-refractivity contribution in [3.8, 4) is 11.5 Å². The summed E-state index contributed by atoms with van der Waals surface area (Å²) in [5.41, 5.74) is 1.77. The molecule has 0 saturated heterocycles. The summed E-state index contributed by atoms with van der Waals surface area (Å²) < 4.78 is 15.8. The van der Waals surface area contributed by atoms with Gasteiger partial charge in [-0.1, -0.05) is 42.5 Å². The Hall–Kier alpha value is -3.34. The third-order valence-electron chi connectivity index (χ3n) is 3.63. The van der Waals surface area contributed by atoms with Crippen LogP contribution in [-0.2, 0) is 9.53 Å². The van der Waals surface area contributed by atoms with E-state index in [0.717, 1.165) is 11.3 Å². The number of hydrogen-bond acceptors (Lipinski definition) is 5. The predicted molar refractivity (Wildman–Crippen MR) is 95.7 cm³/mol. The minimum Gasteiger partial charge on any atom is -0.496 e. The highest BCUT2D eigenvalue weighted by atomic mass is 16.6. The largest absolute Gasteiger partial charge is 0.496 e. The number of hydrogen-bond donors (Lipinski definition) is 0. The van der Waals surface area contributed by atoms with Gasteiger partial charge in [-0.25, -0.2) is 9.79 Å². The second-order valence-electron chi connectivity index (χ2n) is 5.16. The third-order valence-corrected chi connectivity index (χ3v) is 3.63. The second kappa shape index (κ2) is 7.49. The van der Waals surface area contributed by atoms with Crippen molar-refractivity contribution in [1.29, 1.82) is 0 Å². The number of carbonyl (C=O) groups excluding carboxylic acids is 1. The molecule has 0 unspecified atom stereocenters. The molecule has 0 fully saturated rings. The molecule has 0 N–H and O–H groups in total. The summed E-state index contributed by atoms with van der Waals surface area (Å²) in [6.07, 6.45) is 5.19. The molecule has 0 bridgehead atoms. The lowest BCUT2D eigenvalue weighted by Gasteiger charge is -2.05. The zero-order valence-electron chi connectivity index (χ0n) is 13.9. The van der Waals surface area contributed by atoms with Gasteiger partial charge < -0.3 is 14.2 Å². The SMILES string of the molecule is COc1ccccc1/C=C/C=C1/N=C(c2ccccc2OC)OC1=O. The molecular formula is C20H17NO4. The molecule has 1 aliphatic heterocycles. The highest BCUT2D eigenvalue weighted by Crippen LogP contribution is 2.24. The third kappa shape index (κ3) is 3.61. The maximum Gasteiger partial charge on any atom is 0.363 e. The Kier molecular flexibility index (Phi) is 4.95. The smallest absolute Gasteiger partial charge is 0.363 e. The number of cyclic esters (lactones) is 1. The van der Waals surface area contributed by atoms with Gasteiger partial charge in [0, 0.05) is 5.56 Å². The Morgan fingerprint density at radius 2 is 1.64 bits per heavy atom. The van der Waals surface area contributed by atoms with Gasteiger partial charge in [0.05, 0.1) is 19.8 Å². The molecule has 1 aliphatic rings. The Morgan fingerprint density at radius 1 is 0.960 bits per heavy atom. The Bertz CT molecular complexity index is 881. The summed E-state index contributed by atoms with van der Waals surface area (Å²) in [4.78, 5) is 16.3. The van der Waals surface area contributed by atoms with Crippen LogP contribution < -0.4 is 9.47 Å². The molecule has 0 saturated carbocycles. The quantitative estimate of drug-likeness (QED) is 0.619. The minimum atomic E-state index is -0.495. The normalized spacial score (nSPS) is 15.4. The number of para-hydroxylation sites is 2. The highest BCUT2D eigenvalue weighted by Gasteiger charge is 2.25. The maximum atomic E-state index is 12.0. The molecule has 0 amide bonds. The summed E-state index contributed by atoms with van der Waals surface area (Å²) in [5.74, 6) is 1.09. The van der Waals surface area contributed by atoms with Gasteiger partial charge in [0.2, 0.25) is 5.90 Å². The fourth-order valence-corrected chi connectivity index (χ4v) is 2.41. The molecular weight excluding hydrogens is 318 g/mol. The van der Waals surface area contributed by atoms with Gasteiger partial charge in [-0.2, -0.15) is 0 Å². The first-order chi connectivity index (χ1) is 12.2. The minimum absolute atomic E-state index is 0.229. The first-order valence-corrected chi connectivity index (χ1v) is 7.68. The van der Waals surface area contributed by atoms with Gasteiger partial charge in [-0.05, 0) is 24.3 Å². The number of benzene rings is 2. The Balaban J connectivity index is 1.85. The molecule has 0 atom stereocenters. The van der Waals surface area contributed by atoms with Gasteiger partial charge in [0.25, 0.3) is 0 Å². The number of allylic oxidation sites excluding steroid dienone is 2. The van der Waals surface area contributed by atoms with Crippen molar-refractivity contribution in [1.82, 2.24) is 0 Å². The molecule has 2 aromatic carbocycles. The lowest BCUT2D eigenvalue weighted by molar-refractivity contribution is -0.130. The first kappa shape index (κ1) is 16.5. The van der Waals surface area contributed by atoms with Crippen LogP contribution in [0, 0.1) is 0 Å². The van der Waals surface area contributed by atoms with E-state index in [0.29, 0.717) is 11.3 Å². The van der Waals surface area contributed by atoms with Crippen LogP contribution in [-0.4, -0.2) is 26.1 Å². The lowest BCUT2D eigenvalue weighted by Crippen LogP contribution is -2.06.